The van der Waals surface area contributed by atoms with Gasteiger partial charge in [-0.05, 0) is 6.42 Å². The number of hydrogen-bond acceptors (Lipinski definition) is 6. The van der Waals surface area contributed by atoms with Crippen LogP contribution in [0.5, 0.6) is 0 Å². The maximum atomic E-state index is 11.5. The van der Waals surface area contributed by atoms with Crippen molar-refractivity contribution in [2.75, 3.05) is 5.75 Å². The fraction of sp³-hybridized carbons (Fsp3) is 0.500. The Bertz CT molecular complexity index is 467. The fourth-order valence-electron chi connectivity index (χ4n) is 1.02. The number of nitrogens with two attached hydrogens (primary N) is 1. The molecule has 1 rings (SSSR count). The highest BCUT2D eigenvalue weighted by Gasteiger charge is 2.17. The third-order valence-electron chi connectivity index (χ3n) is 1.68. The van der Waals surface area contributed by atoms with Gasteiger partial charge in [-0.1, -0.05) is 6.92 Å². The van der Waals surface area contributed by atoms with Crippen molar-refractivity contribution in [1.82, 2.24) is 9.71 Å². The van der Waals surface area contributed by atoms with E-state index in [1.807, 2.05) is 4.72 Å². The average molecular weight is 263 g/mol. The van der Waals surface area contributed by atoms with Crippen molar-refractivity contribution < 1.29 is 13.2 Å². The van der Waals surface area contributed by atoms with Gasteiger partial charge in [0.2, 0.25) is 10.0 Å². The molecule has 0 bridgehead atoms. The summed E-state index contributed by atoms with van der Waals surface area (Å²) in [6, 6.07) is 0. The first kappa shape index (κ1) is 13.1. The normalized spacial score (nSPS) is 11.4. The van der Waals surface area contributed by atoms with Crippen molar-refractivity contribution in [3.63, 3.8) is 0 Å². The van der Waals surface area contributed by atoms with E-state index in [1.54, 1.807) is 6.92 Å². The molecular formula is C8H13N3O3S2. The van der Waals surface area contributed by atoms with Crippen molar-refractivity contribution in [2.45, 2.75) is 19.9 Å². The number of aromatic nitrogens is 1. The molecule has 0 saturated carbocycles. The maximum absolute atomic E-state index is 11.5. The maximum Gasteiger partial charge on any atom is 0.284 e. The fourth-order valence-corrected chi connectivity index (χ4v) is 2.70. The lowest BCUT2D eigenvalue weighted by Gasteiger charge is -2.02. The smallest absolute Gasteiger partial charge is 0.284 e. The molecule has 16 heavy (non-hydrogen) atoms. The van der Waals surface area contributed by atoms with E-state index in [-0.39, 0.29) is 18.0 Å². The number of hydrogen-bond donors (Lipinski definition) is 2. The minimum Gasteiger partial charge on any atom is -0.325 e. The number of carbonyl (C=O) groups is 1. The van der Waals surface area contributed by atoms with Gasteiger partial charge in [-0.2, -0.15) is 0 Å². The Kier molecular flexibility index (Phi) is 4.39. The van der Waals surface area contributed by atoms with Gasteiger partial charge in [-0.3, -0.25) is 4.79 Å². The Labute approximate surface area is 97.9 Å². The highest BCUT2D eigenvalue weighted by Crippen LogP contribution is 2.08. The number of sulfonamides is 1. The summed E-state index contributed by atoms with van der Waals surface area (Å²) in [7, 11) is -3.54. The lowest BCUT2D eigenvalue weighted by Crippen LogP contribution is -2.32. The van der Waals surface area contributed by atoms with Gasteiger partial charge in [-0.25, -0.2) is 18.1 Å². The van der Waals surface area contributed by atoms with Gasteiger partial charge in [0.25, 0.3) is 5.91 Å². The molecule has 0 spiro atoms. The van der Waals surface area contributed by atoms with Crippen LogP contribution in [-0.2, 0) is 16.6 Å². The molecule has 0 aliphatic rings. The summed E-state index contributed by atoms with van der Waals surface area (Å²) in [5.41, 5.74) is 5.42. The number of rotatable bonds is 5. The Morgan fingerprint density at radius 2 is 2.31 bits per heavy atom. The zero-order valence-electron chi connectivity index (χ0n) is 8.76. The summed E-state index contributed by atoms with van der Waals surface area (Å²) >= 11 is 1.23. The zero-order valence-corrected chi connectivity index (χ0v) is 10.4. The van der Waals surface area contributed by atoms with Crippen LogP contribution in [0.15, 0.2) is 5.38 Å². The number of nitrogens with one attached hydrogen (secondary N) is 1. The highest BCUT2D eigenvalue weighted by molar-refractivity contribution is 7.90. The van der Waals surface area contributed by atoms with Gasteiger partial charge in [0, 0.05) is 11.9 Å². The summed E-state index contributed by atoms with van der Waals surface area (Å²) in [6.45, 7) is 1.96. The molecule has 0 aromatic carbocycles. The van der Waals surface area contributed by atoms with Gasteiger partial charge >= 0.3 is 0 Å². The monoisotopic (exact) mass is 263 g/mol. The van der Waals surface area contributed by atoms with E-state index in [1.165, 1.54) is 16.7 Å². The van der Waals surface area contributed by atoms with E-state index in [0.717, 1.165) is 0 Å². The Morgan fingerprint density at radius 3 is 2.81 bits per heavy atom. The number of carbonyl (C=O) groups excluding carboxylic acids is 1. The second-order valence-electron chi connectivity index (χ2n) is 3.08. The van der Waals surface area contributed by atoms with Gasteiger partial charge in [0.1, 0.15) is 10.7 Å². The van der Waals surface area contributed by atoms with Crippen molar-refractivity contribution in [2.24, 2.45) is 5.73 Å². The molecule has 1 aromatic heterocycles. The number of nitrogens with zero attached hydrogens (tertiary/aromatic N) is 1. The summed E-state index contributed by atoms with van der Waals surface area (Å²) in [6.07, 6.45) is 0.452. The van der Waals surface area contributed by atoms with Crippen LogP contribution >= 0.6 is 11.3 Å². The Balaban J connectivity index is 2.72. The molecule has 8 heteroatoms. The van der Waals surface area contributed by atoms with Crippen LogP contribution in [0.1, 0.15) is 28.8 Å². The first-order chi connectivity index (χ1) is 7.48. The number of amides is 1. The molecule has 0 unspecified atom stereocenters. The molecule has 6 nitrogen and oxygen atoms in total. The molecule has 0 atom stereocenters. The van der Waals surface area contributed by atoms with Crippen LogP contribution in [-0.4, -0.2) is 25.1 Å². The van der Waals surface area contributed by atoms with Crippen molar-refractivity contribution in [3.05, 3.63) is 16.1 Å². The second-order valence-corrected chi connectivity index (χ2v) is 5.87. The van der Waals surface area contributed by atoms with Crippen LogP contribution in [0.25, 0.3) is 0 Å². The standard InChI is InChI=1S/C8H13N3O3S2/c1-2-3-16(13,14)11-8(12)6-5-15-7(4-9)10-6/h5H,2-4,9H2,1H3,(H,11,12). The highest BCUT2D eigenvalue weighted by atomic mass is 32.2. The molecule has 90 valence electrons. The van der Waals surface area contributed by atoms with Crippen molar-refractivity contribution in [3.8, 4) is 0 Å². The van der Waals surface area contributed by atoms with E-state index < -0.39 is 15.9 Å². The Morgan fingerprint density at radius 1 is 1.62 bits per heavy atom. The molecule has 0 aliphatic heterocycles. The van der Waals surface area contributed by atoms with Gasteiger partial charge in [-0.15, -0.1) is 11.3 Å². The first-order valence-electron chi connectivity index (χ1n) is 4.67. The first-order valence-corrected chi connectivity index (χ1v) is 7.21. The SMILES string of the molecule is CCCS(=O)(=O)NC(=O)c1csc(CN)n1. The van der Waals surface area contributed by atoms with Crippen molar-refractivity contribution in [1.29, 1.82) is 0 Å². The summed E-state index contributed by atoms with van der Waals surface area (Å²) < 4.78 is 24.6. The molecule has 1 heterocycles. The average Bonchev–Trinajstić information content (AvgIpc) is 2.64. The van der Waals surface area contributed by atoms with Gasteiger partial charge in [0.05, 0.1) is 5.75 Å². The predicted octanol–water partition coefficient (Wildman–Crippen LogP) is 0.0714. The van der Waals surface area contributed by atoms with E-state index in [0.29, 0.717) is 11.4 Å². The summed E-state index contributed by atoms with van der Waals surface area (Å²) in [5.74, 6) is -0.781. The van der Waals surface area contributed by atoms with Crippen LogP contribution < -0.4 is 10.5 Å². The molecule has 1 amide bonds. The number of thiazole rings is 1. The molecule has 1 aromatic rings. The molecule has 0 fully saturated rings. The largest absolute Gasteiger partial charge is 0.325 e. The summed E-state index contributed by atoms with van der Waals surface area (Å²) in [5, 5.41) is 2.08. The molecule has 3 N–H and O–H groups in total. The van der Waals surface area contributed by atoms with Crippen LogP contribution in [0.2, 0.25) is 0 Å². The molecule has 0 saturated heterocycles. The topological polar surface area (TPSA) is 102 Å². The Hall–Kier alpha value is -0.990. The second kappa shape index (κ2) is 5.37. The van der Waals surface area contributed by atoms with E-state index in [2.05, 4.69) is 4.98 Å². The molecule has 0 radical (unpaired) electrons. The molecule has 0 aliphatic carbocycles. The van der Waals surface area contributed by atoms with E-state index in [9.17, 15) is 13.2 Å². The lowest BCUT2D eigenvalue weighted by molar-refractivity contribution is 0.0977. The van der Waals surface area contributed by atoms with Crippen LogP contribution in [0.3, 0.4) is 0 Å². The van der Waals surface area contributed by atoms with Gasteiger partial charge < -0.3 is 5.73 Å². The van der Waals surface area contributed by atoms with E-state index >= 15 is 0 Å². The minimum atomic E-state index is -3.54. The van der Waals surface area contributed by atoms with Crippen molar-refractivity contribution >= 4 is 27.3 Å². The minimum absolute atomic E-state index is 0.0768. The summed E-state index contributed by atoms with van der Waals surface area (Å²) in [4.78, 5) is 15.4. The lowest BCUT2D eigenvalue weighted by atomic mass is 10.5. The van der Waals surface area contributed by atoms with Crippen LogP contribution in [0, 0.1) is 0 Å². The van der Waals surface area contributed by atoms with Crippen LogP contribution in [0.4, 0.5) is 0 Å². The van der Waals surface area contributed by atoms with Gasteiger partial charge in [0.15, 0.2) is 0 Å². The molecular weight excluding hydrogens is 250 g/mol. The quantitative estimate of drug-likeness (QED) is 0.782. The van der Waals surface area contributed by atoms with E-state index in [4.69, 9.17) is 5.73 Å². The third-order valence-corrected chi connectivity index (χ3v) is 3.99. The zero-order chi connectivity index (χ0) is 12.2. The predicted molar refractivity (Wildman–Crippen MR) is 61.5 cm³/mol. The third kappa shape index (κ3) is 3.54.